The molecule has 6 heteroatoms. The van der Waals surface area contributed by atoms with Crippen molar-refractivity contribution in [2.24, 2.45) is 5.41 Å². The Morgan fingerprint density at radius 1 is 0.872 bits per heavy atom. The zero-order valence-corrected chi connectivity index (χ0v) is 23.8. The van der Waals surface area contributed by atoms with Gasteiger partial charge in [-0.15, -0.1) is 0 Å². The van der Waals surface area contributed by atoms with Gasteiger partial charge in [-0.2, -0.15) is 0 Å². The quantitative estimate of drug-likeness (QED) is 0.374. The first-order chi connectivity index (χ1) is 19.1. The van der Waals surface area contributed by atoms with E-state index >= 15 is 0 Å². The number of pyridine rings is 1. The fourth-order valence-electron chi connectivity index (χ4n) is 7.31. The molecule has 2 aliphatic heterocycles. The SMILES string of the molecule is Cc1cccnc1CN(Cc1ccc(CN2CCC3(CCN(C4CCCCC4)CC3)C2)cc1)Cc1ncc[nH]1. The molecule has 1 aliphatic carbocycles. The maximum absolute atomic E-state index is 4.64. The number of hydrogen-bond acceptors (Lipinski definition) is 5. The molecule has 0 bridgehead atoms. The number of piperidine rings is 1. The van der Waals surface area contributed by atoms with E-state index < -0.39 is 0 Å². The molecule has 1 saturated carbocycles. The highest BCUT2D eigenvalue weighted by molar-refractivity contribution is 5.23. The van der Waals surface area contributed by atoms with E-state index in [9.17, 15) is 0 Å². The summed E-state index contributed by atoms with van der Waals surface area (Å²) in [5.41, 5.74) is 5.72. The molecule has 208 valence electrons. The maximum atomic E-state index is 4.64. The van der Waals surface area contributed by atoms with Crippen molar-refractivity contribution in [3.63, 3.8) is 0 Å². The minimum Gasteiger partial charge on any atom is -0.348 e. The predicted octanol–water partition coefficient (Wildman–Crippen LogP) is 5.94. The lowest BCUT2D eigenvalue weighted by Gasteiger charge is -2.43. The highest BCUT2D eigenvalue weighted by Gasteiger charge is 2.41. The number of aromatic amines is 1. The van der Waals surface area contributed by atoms with Gasteiger partial charge >= 0.3 is 0 Å². The lowest BCUT2D eigenvalue weighted by molar-refractivity contribution is 0.0615. The van der Waals surface area contributed by atoms with Gasteiger partial charge in [-0.1, -0.05) is 49.6 Å². The fraction of sp³-hybridized carbons (Fsp3) is 0.576. The second kappa shape index (κ2) is 12.3. The third kappa shape index (κ3) is 6.79. The Labute approximate surface area is 234 Å². The van der Waals surface area contributed by atoms with Crippen LogP contribution in [0.1, 0.15) is 79.6 Å². The predicted molar refractivity (Wildman–Crippen MR) is 157 cm³/mol. The summed E-state index contributed by atoms with van der Waals surface area (Å²) < 4.78 is 0. The normalized spacial score (nSPS) is 20.8. The van der Waals surface area contributed by atoms with Crippen molar-refractivity contribution in [1.82, 2.24) is 29.7 Å². The molecule has 3 aliphatic rings. The van der Waals surface area contributed by atoms with Gasteiger partial charge in [0.1, 0.15) is 5.82 Å². The number of benzene rings is 1. The molecule has 4 heterocycles. The van der Waals surface area contributed by atoms with Gasteiger partial charge in [0, 0.05) is 50.8 Å². The Kier molecular flexibility index (Phi) is 8.43. The Morgan fingerprint density at radius 2 is 1.64 bits per heavy atom. The van der Waals surface area contributed by atoms with Gasteiger partial charge in [-0.3, -0.25) is 14.8 Å². The van der Waals surface area contributed by atoms with Gasteiger partial charge in [-0.05, 0) is 86.8 Å². The first-order valence-corrected chi connectivity index (χ1v) is 15.3. The molecule has 6 nitrogen and oxygen atoms in total. The standard InChI is InChI=1S/C33H46N6/c1-27-6-5-16-34-31(27)24-38(25-32-35-17-18-36-32)23-29-11-9-28(10-12-29)22-37-19-13-33(26-37)14-20-39(21-15-33)30-7-3-2-4-8-30/h5-6,9-12,16-18,30H,2-4,7-8,13-15,19-26H2,1H3,(H,35,36). The molecule has 2 aromatic heterocycles. The van der Waals surface area contributed by atoms with Crippen LogP contribution in [0.2, 0.25) is 0 Å². The summed E-state index contributed by atoms with van der Waals surface area (Å²) in [7, 11) is 0. The van der Waals surface area contributed by atoms with Crippen LogP contribution in [0, 0.1) is 12.3 Å². The molecule has 1 spiro atoms. The molecule has 39 heavy (non-hydrogen) atoms. The summed E-state index contributed by atoms with van der Waals surface area (Å²) in [5, 5.41) is 0. The van der Waals surface area contributed by atoms with Crippen LogP contribution in [0.25, 0.3) is 0 Å². The zero-order chi connectivity index (χ0) is 26.5. The number of H-pyrrole nitrogens is 1. The zero-order valence-electron chi connectivity index (χ0n) is 23.8. The van der Waals surface area contributed by atoms with Crippen molar-refractivity contribution in [1.29, 1.82) is 0 Å². The second-order valence-corrected chi connectivity index (χ2v) is 12.6. The van der Waals surface area contributed by atoms with Crippen LogP contribution in [-0.4, -0.2) is 61.9 Å². The molecular formula is C33H46N6. The number of aromatic nitrogens is 3. The van der Waals surface area contributed by atoms with Gasteiger partial charge < -0.3 is 9.88 Å². The number of imidazole rings is 1. The Morgan fingerprint density at radius 3 is 2.38 bits per heavy atom. The van der Waals surface area contributed by atoms with Crippen molar-refractivity contribution in [2.45, 2.75) is 90.5 Å². The van der Waals surface area contributed by atoms with Gasteiger partial charge in [-0.25, -0.2) is 4.98 Å². The number of rotatable bonds is 9. The summed E-state index contributed by atoms with van der Waals surface area (Å²) in [6, 6.07) is 14.4. The number of hydrogen-bond donors (Lipinski definition) is 1. The van der Waals surface area contributed by atoms with Gasteiger partial charge in [0.05, 0.1) is 12.2 Å². The Balaban J connectivity index is 1.02. The van der Waals surface area contributed by atoms with Crippen LogP contribution < -0.4 is 0 Å². The number of nitrogens with one attached hydrogen (secondary N) is 1. The van der Waals surface area contributed by atoms with Crippen LogP contribution in [0.15, 0.2) is 55.0 Å². The smallest absolute Gasteiger partial charge is 0.120 e. The minimum atomic E-state index is 0.571. The van der Waals surface area contributed by atoms with Crippen LogP contribution in [0.5, 0.6) is 0 Å². The van der Waals surface area contributed by atoms with E-state index in [0.29, 0.717) is 5.41 Å². The molecule has 3 fully saturated rings. The van der Waals surface area contributed by atoms with E-state index in [4.69, 9.17) is 0 Å². The molecule has 2 saturated heterocycles. The molecule has 1 aromatic carbocycles. The van der Waals surface area contributed by atoms with Crippen molar-refractivity contribution in [3.05, 3.63) is 83.2 Å². The molecule has 3 aromatic rings. The Bertz CT molecular complexity index is 1160. The van der Waals surface area contributed by atoms with Gasteiger partial charge in [0.2, 0.25) is 0 Å². The van der Waals surface area contributed by atoms with Crippen LogP contribution in [-0.2, 0) is 26.2 Å². The first-order valence-electron chi connectivity index (χ1n) is 15.3. The molecule has 0 unspecified atom stereocenters. The number of likely N-dealkylation sites (tertiary alicyclic amines) is 2. The largest absolute Gasteiger partial charge is 0.348 e. The average Bonchev–Trinajstić information content (AvgIpc) is 3.62. The van der Waals surface area contributed by atoms with Crippen molar-refractivity contribution >= 4 is 0 Å². The molecule has 0 radical (unpaired) electrons. The highest BCUT2D eigenvalue weighted by Crippen LogP contribution is 2.42. The summed E-state index contributed by atoms with van der Waals surface area (Å²) in [6.45, 7) is 10.9. The maximum Gasteiger partial charge on any atom is 0.120 e. The van der Waals surface area contributed by atoms with Crippen LogP contribution in [0.3, 0.4) is 0 Å². The molecule has 1 N–H and O–H groups in total. The summed E-state index contributed by atoms with van der Waals surface area (Å²) in [5.74, 6) is 0.993. The molecule has 0 amide bonds. The van der Waals surface area contributed by atoms with E-state index in [2.05, 4.69) is 66.9 Å². The van der Waals surface area contributed by atoms with E-state index in [1.165, 1.54) is 94.2 Å². The molecule has 0 atom stereocenters. The van der Waals surface area contributed by atoms with Crippen LogP contribution in [0.4, 0.5) is 0 Å². The van der Waals surface area contributed by atoms with Crippen molar-refractivity contribution in [3.8, 4) is 0 Å². The van der Waals surface area contributed by atoms with Crippen molar-refractivity contribution in [2.75, 3.05) is 26.2 Å². The van der Waals surface area contributed by atoms with Crippen LogP contribution >= 0.6 is 0 Å². The highest BCUT2D eigenvalue weighted by atomic mass is 15.2. The van der Waals surface area contributed by atoms with Gasteiger partial charge in [0.15, 0.2) is 0 Å². The Hall–Kier alpha value is -2.54. The van der Waals surface area contributed by atoms with E-state index in [-0.39, 0.29) is 0 Å². The molecular weight excluding hydrogens is 480 g/mol. The molecule has 6 rings (SSSR count). The van der Waals surface area contributed by atoms with Gasteiger partial charge in [0.25, 0.3) is 0 Å². The van der Waals surface area contributed by atoms with E-state index in [1.807, 2.05) is 24.7 Å². The average molecular weight is 527 g/mol. The van der Waals surface area contributed by atoms with Crippen molar-refractivity contribution < 1.29 is 0 Å². The first kappa shape index (κ1) is 26.7. The third-order valence-electron chi connectivity index (χ3n) is 9.72. The second-order valence-electron chi connectivity index (χ2n) is 12.6. The fourth-order valence-corrected chi connectivity index (χ4v) is 7.31. The van der Waals surface area contributed by atoms with E-state index in [0.717, 1.165) is 43.7 Å². The number of nitrogens with zero attached hydrogens (tertiary/aromatic N) is 5. The third-order valence-corrected chi connectivity index (χ3v) is 9.72. The lowest BCUT2D eigenvalue weighted by atomic mass is 9.77. The summed E-state index contributed by atoms with van der Waals surface area (Å²) >= 11 is 0. The summed E-state index contributed by atoms with van der Waals surface area (Å²) in [6.07, 6.45) is 17.1. The number of aryl methyl sites for hydroxylation is 1. The topological polar surface area (TPSA) is 51.3 Å². The lowest BCUT2D eigenvalue weighted by Crippen LogP contribution is -2.46. The minimum absolute atomic E-state index is 0.571. The summed E-state index contributed by atoms with van der Waals surface area (Å²) in [4.78, 5) is 20.4. The monoisotopic (exact) mass is 526 g/mol. The van der Waals surface area contributed by atoms with E-state index in [1.54, 1.807) is 0 Å².